The fourth-order valence-electron chi connectivity index (χ4n) is 4.46. The van der Waals surface area contributed by atoms with Crippen LogP contribution in [0.4, 0.5) is 0 Å². The number of para-hydroxylation sites is 2. The lowest BCUT2D eigenvalue weighted by molar-refractivity contribution is 0.306. The number of fused-ring (bicyclic) bond motifs is 1. The maximum absolute atomic E-state index is 12.7. The van der Waals surface area contributed by atoms with Gasteiger partial charge in [0.05, 0.1) is 27.9 Å². The van der Waals surface area contributed by atoms with Gasteiger partial charge in [-0.2, -0.15) is 10.4 Å². The molecule has 9 heteroatoms. The molecule has 7 nitrogen and oxygen atoms in total. The second kappa shape index (κ2) is 11.8. The van der Waals surface area contributed by atoms with Crippen LogP contribution < -0.4 is 10.3 Å². The van der Waals surface area contributed by atoms with Crippen LogP contribution in [0.3, 0.4) is 0 Å². The van der Waals surface area contributed by atoms with Gasteiger partial charge in [0, 0.05) is 32.9 Å². The third-order valence-electron chi connectivity index (χ3n) is 6.59. The summed E-state index contributed by atoms with van der Waals surface area (Å²) in [6.45, 7) is 0.286. The Morgan fingerprint density at radius 3 is 2.50 bits per heavy atom. The predicted octanol–water partition coefficient (Wildman–Crippen LogP) is 7.73. The zero-order valence-corrected chi connectivity index (χ0v) is 23.5. The molecule has 4 aromatic carbocycles. The Bertz CT molecular complexity index is 2040. The fourth-order valence-corrected chi connectivity index (χ4v) is 4.93. The molecule has 6 rings (SSSR count). The number of nitrogens with one attached hydrogen (secondary N) is 1. The molecule has 0 fully saturated rings. The molecule has 2 heterocycles. The van der Waals surface area contributed by atoms with E-state index in [0.29, 0.717) is 38.0 Å². The number of hydrogen-bond donors (Lipinski definition) is 1. The van der Waals surface area contributed by atoms with Gasteiger partial charge in [-0.3, -0.25) is 4.79 Å². The first-order valence-corrected chi connectivity index (χ1v) is 13.7. The minimum Gasteiger partial charge on any atom is -0.489 e. The molecule has 0 aliphatic rings. The van der Waals surface area contributed by atoms with Gasteiger partial charge >= 0.3 is 0 Å². The summed E-state index contributed by atoms with van der Waals surface area (Å²) in [5.74, 6) is 0.837. The number of ether oxygens (including phenoxy) is 1. The first kappa shape index (κ1) is 27.0. The van der Waals surface area contributed by atoms with E-state index < -0.39 is 0 Å². The third-order valence-corrected chi connectivity index (χ3v) is 7.18. The summed E-state index contributed by atoms with van der Waals surface area (Å²) in [7, 11) is 0. The quantitative estimate of drug-likeness (QED) is 0.192. The van der Waals surface area contributed by atoms with Crippen LogP contribution in [0.5, 0.6) is 5.75 Å². The maximum Gasteiger partial charge on any atom is 0.259 e. The summed E-state index contributed by atoms with van der Waals surface area (Å²) in [5.41, 5.74) is 4.20. The number of aromatic nitrogens is 4. The Balaban J connectivity index is 1.37. The molecule has 1 N–H and O–H groups in total. The summed E-state index contributed by atoms with van der Waals surface area (Å²) in [5, 5.41) is 16.5. The Labute approximate surface area is 250 Å². The first-order chi connectivity index (χ1) is 20.5. The van der Waals surface area contributed by atoms with E-state index >= 15 is 0 Å². The molecule has 6 aromatic rings. The number of rotatable bonds is 7. The lowest BCUT2D eigenvalue weighted by atomic mass is 10.1. The second-order valence-electron chi connectivity index (χ2n) is 9.36. The molecule has 42 heavy (non-hydrogen) atoms. The van der Waals surface area contributed by atoms with Gasteiger partial charge < -0.3 is 9.72 Å². The highest BCUT2D eigenvalue weighted by atomic mass is 35.5. The van der Waals surface area contributed by atoms with Crippen molar-refractivity contribution in [2.75, 3.05) is 0 Å². The Hall–Kier alpha value is -5.16. The highest BCUT2D eigenvalue weighted by Crippen LogP contribution is 2.29. The summed E-state index contributed by atoms with van der Waals surface area (Å²) < 4.78 is 7.69. The maximum atomic E-state index is 12.7. The number of halogens is 2. The van der Waals surface area contributed by atoms with Crippen LogP contribution >= 0.6 is 23.2 Å². The number of aromatic amines is 1. The van der Waals surface area contributed by atoms with E-state index in [1.165, 1.54) is 0 Å². The standard InChI is InChI=1S/C33H21Cl2N5O2/c34-25-13-10-22(29(35)17-25)20-42-27-14-11-21(12-15-27)31-24(19-40(39-31)26-6-2-1-3-7-26)16-23(18-36)32-37-30-9-5-4-8-28(30)33(41)38-32/h1-17,19H,20H2,(H,37,38,41). The lowest BCUT2D eigenvalue weighted by Gasteiger charge is -2.09. The normalized spacial score (nSPS) is 11.4. The topological polar surface area (TPSA) is 96.6 Å². The van der Waals surface area contributed by atoms with Crippen molar-refractivity contribution in [1.82, 2.24) is 19.7 Å². The molecule has 0 aliphatic heterocycles. The molecule has 0 aliphatic carbocycles. The van der Waals surface area contributed by atoms with E-state index in [2.05, 4.69) is 16.0 Å². The van der Waals surface area contributed by atoms with Gasteiger partial charge in [0.15, 0.2) is 5.82 Å². The van der Waals surface area contributed by atoms with Crippen LogP contribution in [0.15, 0.2) is 108 Å². The van der Waals surface area contributed by atoms with E-state index in [-0.39, 0.29) is 23.6 Å². The number of benzene rings is 4. The average molecular weight is 590 g/mol. The molecule has 2 aromatic heterocycles. The Morgan fingerprint density at radius 1 is 0.976 bits per heavy atom. The van der Waals surface area contributed by atoms with Gasteiger partial charge in [-0.15, -0.1) is 0 Å². The highest BCUT2D eigenvalue weighted by Gasteiger charge is 2.15. The number of nitrogens with zero attached hydrogens (tertiary/aromatic N) is 4. The van der Waals surface area contributed by atoms with Crippen LogP contribution in [-0.4, -0.2) is 19.7 Å². The van der Waals surface area contributed by atoms with Gasteiger partial charge in [-0.1, -0.05) is 59.6 Å². The minimum atomic E-state index is -0.313. The van der Waals surface area contributed by atoms with Crippen molar-refractivity contribution in [3.63, 3.8) is 0 Å². The van der Waals surface area contributed by atoms with Gasteiger partial charge in [0.25, 0.3) is 5.56 Å². The van der Waals surface area contributed by atoms with Gasteiger partial charge in [0.1, 0.15) is 18.4 Å². The van der Waals surface area contributed by atoms with E-state index in [9.17, 15) is 10.1 Å². The Kier molecular flexibility index (Phi) is 7.56. The van der Waals surface area contributed by atoms with Crippen LogP contribution in [-0.2, 0) is 6.61 Å². The summed E-state index contributed by atoms with van der Waals surface area (Å²) >= 11 is 12.3. The van der Waals surface area contributed by atoms with E-state index in [1.54, 1.807) is 47.2 Å². The van der Waals surface area contributed by atoms with Crippen molar-refractivity contribution in [3.05, 3.63) is 141 Å². The molecule has 0 bridgehead atoms. The van der Waals surface area contributed by atoms with Crippen LogP contribution in [0.25, 0.3) is 39.5 Å². The number of nitriles is 1. The largest absolute Gasteiger partial charge is 0.489 e. The van der Waals surface area contributed by atoms with Crippen molar-refractivity contribution < 1.29 is 4.74 Å². The van der Waals surface area contributed by atoms with Gasteiger partial charge in [-0.25, -0.2) is 9.67 Å². The van der Waals surface area contributed by atoms with Crippen molar-refractivity contribution in [1.29, 1.82) is 5.26 Å². The van der Waals surface area contributed by atoms with Crippen molar-refractivity contribution >= 4 is 45.8 Å². The summed E-state index contributed by atoms with van der Waals surface area (Å²) in [6.07, 6.45) is 3.52. The predicted molar refractivity (Wildman–Crippen MR) is 166 cm³/mol. The van der Waals surface area contributed by atoms with Gasteiger partial charge in [-0.05, 0) is 66.7 Å². The van der Waals surface area contributed by atoms with Crippen LogP contribution in [0.1, 0.15) is 17.0 Å². The average Bonchev–Trinajstić information content (AvgIpc) is 3.44. The molecule has 0 atom stereocenters. The molecule has 0 radical (unpaired) electrons. The zero-order chi connectivity index (χ0) is 29.1. The molecule has 0 amide bonds. The zero-order valence-electron chi connectivity index (χ0n) is 22.0. The number of allylic oxidation sites excluding steroid dienone is 1. The number of hydrogen-bond acceptors (Lipinski definition) is 5. The molecule has 0 saturated carbocycles. The molecular weight excluding hydrogens is 569 g/mol. The summed E-state index contributed by atoms with van der Waals surface area (Å²) in [6, 6.07) is 31.6. The van der Waals surface area contributed by atoms with E-state index in [0.717, 1.165) is 16.8 Å². The van der Waals surface area contributed by atoms with E-state index in [4.69, 9.17) is 33.0 Å². The SMILES string of the molecule is N#CC(=Cc1cn(-c2ccccc2)nc1-c1ccc(OCc2ccc(Cl)cc2Cl)cc1)c1nc2ccccc2c(=O)[nH]1. The second-order valence-corrected chi connectivity index (χ2v) is 10.2. The summed E-state index contributed by atoms with van der Waals surface area (Å²) in [4.78, 5) is 20.0. The van der Waals surface area contributed by atoms with Gasteiger partial charge in [0.2, 0.25) is 0 Å². The van der Waals surface area contributed by atoms with Crippen molar-refractivity contribution in [2.24, 2.45) is 0 Å². The molecule has 0 spiro atoms. The Morgan fingerprint density at radius 2 is 1.74 bits per heavy atom. The van der Waals surface area contributed by atoms with Crippen molar-refractivity contribution in [3.8, 4) is 28.8 Å². The molecule has 0 saturated heterocycles. The molecular formula is C33H21Cl2N5O2. The lowest BCUT2D eigenvalue weighted by Crippen LogP contribution is -2.11. The molecule has 204 valence electrons. The monoisotopic (exact) mass is 589 g/mol. The van der Waals surface area contributed by atoms with E-state index in [1.807, 2.05) is 66.9 Å². The molecule has 0 unspecified atom stereocenters. The van der Waals surface area contributed by atoms with Crippen molar-refractivity contribution in [2.45, 2.75) is 6.61 Å². The minimum absolute atomic E-state index is 0.184. The highest BCUT2D eigenvalue weighted by molar-refractivity contribution is 6.35. The smallest absolute Gasteiger partial charge is 0.259 e. The van der Waals surface area contributed by atoms with Crippen LogP contribution in [0, 0.1) is 11.3 Å². The fraction of sp³-hybridized carbons (Fsp3) is 0.0303. The third kappa shape index (κ3) is 5.68. The van der Waals surface area contributed by atoms with Crippen LogP contribution in [0.2, 0.25) is 10.0 Å². The number of H-pyrrole nitrogens is 1. The first-order valence-electron chi connectivity index (χ1n) is 12.9.